The summed E-state index contributed by atoms with van der Waals surface area (Å²) in [6, 6.07) is 47.5. The zero-order valence-corrected chi connectivity index (χ0v) is 21.8. The van der Waals surface area contributed by atoms with E-state index in [-0.39, 0.29) is 0 Å². The number of aromatic nitrogens is 2. The molecule has 8 rings (SSSR count). The second kappa shape index (κ2) is 9.14. The molecular formula is C38H24N2. The molecule has 0 atom stereocenters. The maximum atomic E-state index is 4.67. The van der Waals surface area contributed by atoms with E-state index >= 15 is 0 Å². The normalized spacial score (nSPS) is 11.5. The number of hydrogen-bond acceptors (Lipinski definition) is 2. The molecule has 8 aromatic rings. The fraction of sp³-hybridized carbons (Fsp3) is 0. The third-order valence-electron chi connectivity index (χ3n) is 7.95. The van der Waals surface area contributed by atoms with Crippen molar-refractivity contribution in [2.45, 2.75) is 0 Å². The molecule has 0 spiro atoms. The van der Waals surface area contributed by atoms with Crippen LogP contribution in [0.4, 0.5) is 0 Å². The lowest BCUT2D eigenvalue weighted by molar-refractivity contribution is 1.33. The molecule has 0 amide bonds. The molecule has 2 heteroatoms. The summed E-state index contributed by atoms with van der Waals surface area (Å²) < 4.78 is 0. The standard InChI is InChI=1S/C38H24N2/c1-3-7-25(8-4-1)35-23-29(19-21-39-35)31-15-11-27-14-18-34-32(16-12-28-13-17-33(31)37(27)38(28)34)30-20-22-40-36(24-30)26-9-5-2-6-10-26/h1-24H. The largest absolute Gasteiger partial charge is 0.256 e. The molecule has 2 aromatic heterocycles. The van der Waals surface area contributed by atoms with Crippen LogP contribution in [-0.4, -0.2) is 9.97 Å². The number of rotatable bonds is 4. The zero-order chi connectivity index (χ0) is 26.5. The lowest BCUT2D eigenvalue weighted by Gasteiger charge is -2.17. The summed E-state index contributed by atoms with van der Waals surface area (Å²) in [4.78, 5) is 9.33. The maximum Gasteiger partial charge on any atom is 0.0708 e. The van der Waals surface area contributed by atoms with Crippen LogP contribution in [-0.2, 0) is 0 Å². The fourth-order valence-corrected chi connectivity index (χ4v) is 6.03. The topological polar surface area (TPSA) is 25.8 Å². The molecule has 186 valence electrons. The van der Waals surface area contributed by atoms with Gasteiger partial charge in [-0.2, -0.15) is 0 Å². The van der Waals surface area contributed by atoms with E-state index in [1.807, 2.05) is 24.5 Å². The van der Waals surface area contributed by atoms with Crippen LogP contribution in [0.1, 0.15) is 0 Å². The summed E-state index contributed by atoms with van der Waals surface area (Å²) in [5, 5.41) is 7.65. The van der Waals surface area contributed by atoms with Crippen molar-refractivity contribution in [2.24, 2.45) is 0 Å². The minimum Gasteiger partial charge on any atom is -0.256 e. The first-order valence-corrected chi connectivity index (χ1v) is 13.6. The summed E-state index contributed by atoms with van der Waals surface area (Å²) in [6.45, 7) is 0. The van der Waals surface area contributed by atoms with E-state index in [1.54, 1.807) is 0 Å². The molecule has 0 bridgehead atoms. The van der Waals surface area contributed by atoms with Crippen LogP contribution in [0.25, 0.3) is 77.1 Å². The number of nitrogens with zero attached hydrogens (tertiary/aromatic N) is 2. The third kappa shape index (κ3) is 3.65. The van der Waals surface area contributed by atoms with Gasteiger partial charge in [-0.25, -0.2) is 0 Å². The Balaban J connectivity index is 1.34. The van der Waals surface area contributed by atoms with Crippen molar-refractivity contribution in [2.75, 3.05) is 0 Å². The highest BCUT2D eigenvalue weighted by Crippen LogP contribution is 2.42. The van der Waals surface area contributed by atoms with Gasteiger partial charge in [0, 0.05) is 23.5 Å². The van der Waals surface area contributed by atoms with Crippen molar-refractivity contribution < 1.29 is 0 Å². The van der Waals surface area contributed by atoms with Gasteiger partial charge in [0.1, 0.15) is 0 Å². The van der Waals surface area contributed by atoms with Gasteiger partial charge in [-0.3, -0.25) is 9.97 Å². The van der Waals surface area contributed by atoms with Crippen molar-refractivity contribution in [1.82, 2.24) is 9.97 Å². The Labute approximate surface area is 232 Å². The van der Waals surface area contributed by atoms with E-state index in [9.17, 15) is 0 Å². The van der Waals surface area contributed by atoms with Gasteiger partial charge in [0.15, 0.2) is 0 Å². The van der Waals surface area contributed by atoms with Crippen molar-refractivity contribution in [3.05, 3.63) is 146 Å². The van der Waals surface area contributed by atoms with E-state index in [0.29, 0.717) is 0 Å². The Morgan fingerprint density at radius 2 is 0.775 bits per heavy atom. The molecule has 2 nitrogen and oxygen atoms in total. The second-order valence-electron chi connectivity index (χ2n) is 10.2. The molecule has 0 unspecified atom stereocenters. The Hall–Kier alpha value is -5.34. The van der Waals surface area contributed by atoms with Gasteiger partial charge >= 0.3 is 0 Å². The molecule has 2 heterocycles. The average Bonchev–Trinajstić information content (AvgIpc) is 3.04. The van der Waals surface area contributed by atoms with Gasteiger partial charge in [-0.1, -0.05) is 109 Å². The van der Waals surface area contributed by atoms with E-state index in [2.05, 4.69) is 131 Å². The molecule has 0 radical (unpaired) electrons. The predicted molar refractivity (Wildman–Crippen MR) is 167 cm³/mol. The monoisotopic (exact) mass is 508 g/mol. The smallest absolute Gasteiger partial charge is 0.0708 e. The van der Waals surface area contributed by atoms with E-state index in [0.717, 1.165) is 22.5 Å². The summed E-state index contributed by atoms with van der Waals surface area (Å²) in [6.07, 6.45) is 3.84. The highest BCUT2D eigenvalue weighted by Gasteiger charge is 2.15. The number of benzene rings is 6. The summed E-state index contributed by atoms with van der Waals surface area (Å²) in [5.41, 5.74) is 9.01. The SMILES string of the molecule is c1ccc(-c2cc(-c3ccc4ccc5c(-c6ccnc(-c7ccccc7)c6)ccc6ccc3c4c65)ccn2)cc1. The first-order chi connectivity index (χ1) is 19.8. The van der Waals surface area contributed by atoms with E-state index < -0.39 is 0 Å². The number of hydrogen-bond donors (Lipinski definition) is 0. The average molecular weight is 509 g/mol. The Morgan fingerprint density at radius 3 is 1.23 bits per heavy atom. The van der Waals surface area contributed by atoms with Gasteiger partial charge in [0.05, 0.1) is 11.4 Å². The highest BCUT2D eigenvalue weighted by molar-refractivity contribution is 6.27. The van der Waals surface area contributed by atoms with E-state index in [1.165, 1.54) is 54.6 Å². The molecule has 0 saturated carbocycles. The molecule has 6 aromatic carbocycles. The molecule has 0 aliphatic carbocycles. The zero-order valence-electron chi connectivity index (χ0n) is 21.8. The first kappa shape index (κ1) is 22.6. The third-order valence-corrected chi connectivity index (χ3v) is 7.95. The molecule has 0 N–H and O–H groups in total. The van der Waals surface area contributed by atoms with Crippen LogP contribution in [0.15, 0.2) is 146 Å². The quantitative estimate of drug-likeness (QED) is 0.221. The Bertz CT molecular complexity index is 1990. The molecule has 0 fully saturated rings. The minimum absolute atomic E-state index is 0.984. The molecule has 0 aliphatic rings. The van der Waals surface area contributed by atoms with Crippen molar-refractivity contribution >= 4 is 32.3 Å². The lowest BCUT2D eigenvalue weighted by Crippen LogP contribution is -1.91. The van der Waals surface area contributed by atoms with Gasteiger partial charge in [-0.15, -0.1) is 0 Å². The fourth-order valence-electron chi connectivity index (χ4n) is 6.03. The van der Waals surface area contributed by atoms with Crippen molar-refractivity contribution in [1.29, 1.82) is 0 Å². The first-order valence-electron chi connectivity index (χ1n) is 13.6. The Morgan fingerprint density at radius 1 is 0.350 bits per heavy atom. The minimum atomic E-state index is 0.984. The van der Waals surface area contributed by atoms with Crippen LogP contribution in [0, 0.1) is 0 Å². The summed E-state index contributed by atoms with van der Waals surface area (Å²) in [7, 11) is 0. The Kier molecular flexibility index (Phi) is 5.17. The van der Waals surface area contributed by atoms with Gasteiger partial charge in [0.25, 0.3) is 0 Å². The maximum absolute atomic E-state index is 4.67. The van der Waals surface area contributed by atoms with E-state index in [4.69, 9.17) is 0 Å². The number of pyridine rings is 2. The lowest BCUT2D eigenvalue weighted by atomic mass is 9.87. The van der Waals surface area contributed by atoms with Crippen LogP contribution < -0.4 is 0 Å². The van der Waals surface area contributed by atoms with Gasteiger partial charge in [-0.05, 0) is 78.8 Å². The second-order valence-corrected chi connectivity index (χ2v) is 10.2. The highest BCUT2D eigenvalue weighted by atomic mass is 14.7. The predicted octanol–water partition coefficient (Wildman–Crippen LogP) is 10.0. The van der Waals surface area contributed by atoms with Crippen molar-refractivity contribution in [3.63, 3.8) is 0 Å². The van der Waals surface area contributed by atoms with Crippen LogP contribution in [0.2, 0.25) is 0 Å². The van der Waals surface area contributed by atoms with Crippen LogP contribution >= 0.6 is 0 Å². The van der Waals surface area contributed by atoms with Gasteiger partial charge < -0.3 is 0 Å². The van der Waals surface area contributed by atoms with Crippen LogP contribution in [0.3, 0.4) is 0 Å². The van der Waals surface area contributed by atoms with Crippen LogP contribution in [0.5, 0.6) is 0 Å². The molecule has 0 saturated heterocycles. The molecular weight excluding hydrogens is 484 g/mol. The van der Waals surface area contributed by atoms with Crippen molar-refractivity contribution in [3.8, 4) is 44.8 Å². The molecule has 40 heavy (non-hydrogen) atoms. The summed E-state index contributed by atoms with van der Waals surface area (Å²) in [5.74, 6) is 0. The summed E-state index contributed by atoms with van der Waals surface area (Å²) >= 11 is 0. The molecule has 0 aliphatic heterocycles. The van der Waals surface area contributed by atoms with Gasteiger partial charge in [0.2, 0.25) is 0 Å².